The summed E-state index contributed by atoms with van der Waals surface area (Å²) in [6.45, 7) is 5.45. The lowest BCUT2D eigenvalue weighted by Gasteiger charge is -2.29. The summed E-state index contributed by atoms with van der Waals surface area (Å²) >= 11 is 5.76. The van der Waals surface area contributed by atoms with Crippen LogP contribution in [-0.4, -0.2) is 47.1 Å². The largest absolute Gasteiger partial charge is 0.360 e. The highest BCUT2D eigenvalue weighted by Crippen LogP contribution is 2.17. The van der Waals surface area contributed by atoms with E-state index in [1.165, 1.54) is 56.9 Å². The summed E-state index contributed by atoms with van der Waals surface area (Å²) < 4.78 is 0. The van der Waals surface area contributed by atoms with Crippen LogP contribution in [0.5, 0.6) is 0 Å². The number of benzene rings is 1. The lowest BCUT2D eigenvalue weighted by atomic mass is 9.97. The van der Waals surface area contributed by atoms with Gasteiger partial charge in [0.2, 0.25) is 0 Å². The van der Waals surface area contributed by atoms with Gasteiger partial charge in [0.15, 0.2) is 5.11 Å². The lowest BCUT2D eigenvalue weighted by molar-refractivity contribution is 0.277. The Balaban J connectivity index is 1.45. The minimum absolute atomic E-state index is 0.594. The molecule has 1 aromatic carbocycles. The Labute approximate surface area is 158 Å². The molecule has 25 heavy (non-hydrogen) atoms. The van der Waals surface area contributed by atoms with Gasteiger partial charge in [-0.2, -0.15) is 0 Å². The van der Waals surface area contributed by atoms with E-state index < -0.39 is 0 Å². The first kappa shape index (κ1) is 18.7. The van der Waals surface area contributed by atoms with E-state index in [2.05, 4.69) is 45.4 Å². The van der Waals surface area contributed by atoms with Crippen LogP contribution in [0.1, 0.15) is 56.9 Å². The van der Waals surface area contributed by atoms with E-state index in [1.54, 1.807) is 0 Å². The average molecular weight is 360 g/mol. The highest BCUT2D eigenvalue weighted by Gasteiger charge is 2.19. The number of thiocarbonyl (C=S) groups is 1. The van der Waals surface area contributed by atoms with Gasteiger partial charge in [-0.15, -0.1) is 0 Å². The first-order valence-corrected chi connectivity index (χ1v) is 10.5. The van der Waals surface area contributed by atoms with Crippen LogP contribution in [0.3, 0.4) is 0 Å². The van der Waals surface area contributed by atoms with Gasteiger partial charge in [0.25, 0.3) is 0 Å². The van der Waals surface area contributed by atoms with Crippen LogP contribution in [-0.2, 0) is 6.54 Å². The van der Waals surface area contributed by atoms with Crippen LogP contribution in [0.2, 0.25) is 0 Å². The number of rotatable bonds is 3. The van der Waals surface area contributed by atoms with Crippen molar-refractivity contribution in [2.24, 2.45) is 0 Å². The van der Waals surface area contributed by atoms with Crippen LogP contribution < -0.4 is 5.32 Å². The number of nitrogens with zero attached hydrogens (tertiary/aromatic N) is 2. The van der Waals surface area contributed by atoms with Gasteiger partial charge in [-0.1, -0.05) is 62.4 Å². The summed E-state index contributed by atoms with van der Waals surface area (Å²) in [5.41, 5.74) is 1.41. The number of hydrogen-bond acceptors (Lipinski definition) is 2. The van der Waals surface area contributed by atoms with Crippen molar-refractivity contribution in [1.82, 2.24) is 15.1 Å². The van der Waals surface area contributed by atoms with E-state index in [4.69, 9.17) is 12.2 Å². The van der Waals surface area contributed by atoms with Gasteiger partial charge in [-0.25, -0.2) is 0 Å². The van der Waals surface area contributed by atoms with Gasteiger partial charge < -0.3 is 10.2 Å². The molecule has 3 rings (SSSR count). The Morgan fingerprint density at radius 1 is 0.880 bits per heavy atom. The second-order valence-electron chi connectivity index (χ2n) is 7.59. The third kappa shape index (κ3) is 6.27. The van der Waals surface area contributed by atoms with Gasteiger partial charge >= 0.3 is 0 Å². The smallest absolute Gasteiger partial charge is 0.169 e. The topological polar surface area (TPSA) is 18.5 Å². The Morgan fingerprint density at radius 2 is 1.60 bits per heavy atom. The molecular formula is C21H33N3S. The third-order valence-corrected chi connectivity index (χ3v) is 5.93. The first-order chi connectivity index (χ1) is 12.3. The molecule has 1 heterocycles. The predicted molar refractivity (Wildman–Crippen MR) is 110 cm³/mol. The molecule has 1 aliphatic carbocycles. The van der Waals surface area contributed by atoms with Gasteiger partial charge in [-0.05, 0) is 37.0 Å². The first-order valence-electron chi connectivity index (χ1n) is 10.1. The van der Waals surface area contributed by atoms with Crippen molar-refractivity contribution in [3.8, 4) is 0 Å². The van der Waals surface area contributed by atoms with Crippen molar-refractivity contribution in [2.45, 2.75) is 64.0 Å². The summed E-state index contributed by atoms with van der Waals surface area (Å²) in [6, 6.07) is 11.4. The molecule has 1 N–H and O–H groups in total. The van der Waals surface area contributed by atoms with Gasteiger partial charge in [0, 0.05) is 38.8 Å². The molecule has 0 atom stereocenters. The molecule has 1 saturated carbocycles. The van der Waals surface area contributed by atoms with Gasteiger partial charge in [-0.3, -0.25) is 4.90 Å². The molecule has 138 valence electrons. The molecule has 0 bridgehead atoms. The fourth-order valence-electron chi connectivity index (χ4n) is 4.04. The Kier molecular flexibility index (Phi) is 7.55. The normalized spacial score (nSPS) is 21.2. The monoisotopic (exact) mass is 359 g/mol. The van der Waals surface area contributed by atoms with E-state index in [9.17, 15) is 0 Å². The maximum absolute atomic E-state index is 5.76. The minimum Gasteiger partial charge on any atom is -0.360 e. The third-order valence-electron chi connectivity index (χ3n) is 5.56. The van der Waals surface area contributed by atoms with Crippen molar-refractivity contribution < 1.29 is 0 Å². The zero-order valence-corrected chi connectivity index (χ0v) is 16.3. The summed E-state index contributed by atoms with van der Waals surface area (Å²) in [4.78, 5) is 4.97. The zero-order chi connectivity index (χ0) is 17.3. The molecule has 0 spiro atoms. The summed E-state index contributed by atoms with van der Waals surface area (Å²) in [5, 5.41) is 4.68. The Morgan fingerprint density at radius 3 is 2.36 bits per heavy atom. The Hall–Kier alpha value is -1.13. The second-order valence-corrected chi connectivity index (χ2v) is 7.98. The molecule has 0 amide bonds. The maximum atomic E-state index is 5.76. The summed E-state index contributed by atoms with van der Waals surface area (Å²) in [6.07, 6.45) is 10.7. The molecule has 0 radical (unpaired) electrons. The van der Waals surface area contributed by atoms with Crippen molar-refractivity contribution in [3.63, 3.8) is 0 Å². The molecule has 1 aliphatic heterocycles. The second kappa shape index (κ2) is 10.1. The van der Waals surface area contributed by atoms with E-state index in [1.807, 2.05) is 0 Å². The molecular weight excluding hydrogens is 326 g/mol. The fraction of sp³-hybridized carbons (Fsp3) is 0.667. The Bertz CT molecular complexity index is 511. The highest BCUT2D eigenvalue weighted by atomic mass is 32.1. The molecule has 2 aliphatic rings. The van der Waals surface area contributed by atoms with Crippen molar-refractivity contribution >= 4 is 17.3 Å². The van der Waals surface area contributed by atoms with Gasteiger partial charge in [0.1, 0.15) is 0 Å². The van der Waals surface area contributed by atoms with Crippen molar-refractivity contribution in [1.29, 1.82) is 0 Å². The van der Waals surface area contributed by atoms with Crippen molar-refractivity contribution in [2.75, 3.05) is 26.2 Å². The molecule has 2 fully saturated rings. The standard InChI is InChI=1S/C21H33N3S/c25-21(22-20-12-7-2-1-3-8-13-20)24-15-9-14-23(16-17-24)18-19-10-5-4-6-11-19/h4-6,10-11,20H,1-3,7-9,12-18H2,(H,22,25). The quantitative estimate of drug-likeness (QED) is 0.816. The molecule has 0 aromatic heterocycles. The summed E-state index contributed by atoms with van der Waals surface area (Å²) in [5.74, 6) is 0. The zero-order valence-electron chi connectivity index (χ0n) is 15.5. The van der Waals surface area contributed by atoms with Gasteiger partial charge in [0.05, 0.1) is 0 Å². The van der Waals surface area contributed by atoms with E-state index in [0.717, 1.165) is 37.8 Å². The van der Waals surface area contributed by atoms with E-state index in [-0.39, 0.29) is 0 Å². The molecule has 0 unspecified atom stereocenters. The SMILES string of the molecule is S=C(NC1CCCCCCC1)N1CCCN(Cc2ccccc2)CC1. The average Bonchev–Trinajstić information content (AvgIpc) is 2.84. The fourth-order valence-corrected chi connectivity index (χ4v) is 4.39. The van der Waals surface area contributed by atoms with Crippen molar-refractivity contribution in [3.05, 3.63) is 35.9 Å². The summed E-state index contributed by atoms with van der Waals surface area (Å²) in [7, 11) is 0. The molecule has 1 saturated heterocycles. The van der Waals surface area contributed by atoms with Crippen LogP contribution in [0.4, 0.5) is 0 Å². The number of hydrogen-bond donors (Lipinski definition) is 1. The van der Waals surface area contributed by atoms with E-state index in [0.29, 0.717) is 6.04 Å². The van der Waals surface area contributed by atoms with E-state index >= 15 is 0 Å². The number of nitrogens with one attached hydrogen (secondary N) is 1. The molecule has 4 heteroatoms. The van der Waals surface area contributed by atoms with Crippen LogP contribution in [0.15, 0.2) is 30.3 Å². The lowest BCUT2D eigenvalue weighted by Crippen LogP contribution is -2.46. The molecule has 3 nitrogen and oxygen atoms in total. The van der Waals surface area contributed by atoms with Crippen LogP contribution in [0.25, 0.3) is 0 Å². The van der Waals surface area contributed by atoms with Crippen LogP contribution >= 0.6 is 12.2 Å². The maximum Gasteiger partial charge on any atom is 0.169 e. The highest BCUT2D eigenvalue weighted by molar-refractivity contribution is 7.80. The molecule has 1 aromatic rings. The predicted octanol–water partition coefficient (Wildman–Crippen LogP) is 4.18. The van der Waals surface area contributed by atoms with Crippen LogP contribution in [0, 0.1) is 0 Å². The minimum atomic E-state index is 0.594.